The fraction of sp³-hybridized carbons (Fsp3) is 0.333. The summed E-state index contributed by atoms with van der Waals surface area (Å²) >= 11 is 0. The zero-order chi connectivity index (χ0) is 28.9. The van der Waals surface area contributed by atoms with Gasteiger partial charge in [-0.3, -0.25) is 0 Å². The summed E-state index contributed by atoms with van der Waals surface area (Å²) in [6, 6.07) is 0.213. The molecule has 0 saturated heterocycles. The van der Waals surface area contributed by atoms with Crippen LogP contribution in [-0.4, -0.2) is 32.0 Å². The molecule has 106 valence electrons. The first-order chi connectivity index (χ1) is 16.5. The first kappa shape index (κ1) is 4.19. The van der Waals surface area contributed by atoms with E-state index in [0.717, 1.165) is 12.1 Å². The molecule has 2 aromatic rings. The number of nitrogens with zero attached hydrogens (tertiary/aromatic N) is 1. The zero-order valence-electron chi connectivity index (χ0n) is 27.4. The molecular formula is C18H23NO. The first-order valence-electron chi connectivity index (χ1n) is 14.1. The van der Waals surface area contributed by atoms with Gasteiger partial charge in [0.15, 0.2) is 0 Å². The molecule has 0 heterocycles. The Kier molecular flexibility index (Phi) is 1.51. The molecule has 0 spiro atoms. The molecule has 1 atom stereocenters. The number of ether oxygens (including phenoxy) is 1. The molecule has 0 bridgehead atoms. The summed E-state index contributed by atoms with van der Waals surface area (Å²) in [6.45, 7) is -14.7. The van der Waals surface area contributed by atoms with Gasteiger partial charge in [0.05, 0.1) is 14.8 Å². The SMILES string of the molecule is [2H]c1c([2H])c([2H])c(C([2H])(OCC([2H])([2H])N(C([2H])([2H])[2H])C([2H])([2H])[2H])c2ccccc2C([2H])([2H])[2H])c([2H])c1[2H]. The summed E-state index contributed by atoms with van der Waals surface area (Å²) < 4.78 is 139. The van der Waals surface area contributed by atoms with E-state index in [0.29, 0.717) is 0 Å². The lowest BCUT2D eigenvalue weighted by molar-refractivity contribution is 0.0683. The Balaban J connectivity index is 2.87. The topological polar surface area (TPSA) is 12.5 Å². The Bertz CT molecular complexity index is 1110. The van der Waals surface area contributed by atoms with Crippen molar-refractivity contribution in [2.75, 3.05) is 27.1 Å². The number of likely N-dealkylation sites (N-methyl/N-ethyl adjacent to an activating group) is 1. The third kappa shape index (κ3) is 3.92. The van der Waals surface area contributed by atoms with Crippen LogP contribution >= 0.6 is 0 Å². The van der Waals surface area contributed by atoms with Gasteiger partial charge < -0.3 is 9.64 Å². The van der Waals surface area contributed by atoms with Crippen molar-refractivity contribution in [3.8, 4) is 0 Å². The van der Waals surface area contributed by atoms with E-state index < -0.39 is 91.8 Å². The molecule has 0 aliphatic heterocycles. The largest absolute Gasteiger partial charge is 0.367 e. The van der Waals surface area contributed by atoms with Gasteiger partial charge in [-0.1, -0.05) is 54.5 Å². The molecule has 0 aliphatic carbocycles. The fourth-order valence-corrected chi connectivity index (χ4v) is 1.50. The van der Waals surface area contributed by atoms with E-state index in [9.17, 15) is 0 Å². The average molecular weight is 286 g/mol. The molecule has 1 unspecified atom stereocenters. The van der Waals surface area contributed by atoms with Crippen LogP contribution in [0.5, 0.6) is 0 Å². The Morgan fingerprint density at radius 2 is 2.10 bits per heavy atom. The minimum absolute atomic E-state index is 0.439. The van der Waals surface area contributed by atoms with Crippen molar-refractivity contribution >= 4 is 0 Å². The highest BCUT2D eigenvalue weighted by atomic mass is 16.5. The summed E-state index contributed by atoms with van der Waals surface area (Å²) in [5.74, 6) is 0. The number of rotatable bonds is 6. The second kappa shape index (κ2) is 7.22. The maximum atomic E-state index is 9.10. The van der Waals surface area contributed by atoms with E-state index in [2.05, 4.69) is 0 Å². The lowest BCUT2D eigenvalue weighted by Gasteiger charge is -2.22. The normalized spacial score (nSPS) is 29.1. The summed E-state index contributed by atoms with van der Waals surface area (Å²) in [5.41, 5.74) is -1.94. The van der Waals surface area contributed by atoms with E-state index in [1.54, 1.807) is 0 Å². The molecular weight excluding hydrogens is 246 g/mol. The van der Waals surface area contributed by atoms with E-state index in [1.165, 1.54) is 12.1 Å². The van der Waals surface area contributed by atoms with Crippen molar-refractivity contribution < 1.29 is 28.0 Å². The minimum atomic E-state index is -3.50. The Hall–Kier alpha value is -1.64. The van der Waals surface area contributed by atoms with E-state index in [1.807, 2.05) is 0 Å². The van der Waals surface area contributed by atoms with E-state index in [-0.39, 0.29) is 0 Å². The molecule has 2 heteroatoms. The standard InChI is InChI=1S/C18H23NO/c1-15-9-7-8-12-17(15)18(20-14-13-19(2)3)16-10-5-4-6-11-16/h4-12,18H,13-14H2,1-3H3/i1D3,2D3,3D3,4D,5D,6D,10D,11D,13D2,18D. The minimum Gasteiger partial charge on any atom is -0.367 e. The summed E-state index contributed by atoms with van der Waals surface area (Å²) in [5, 5.41) is 0. The maximum Gasteiger partial charge on any atom is 0.108 e. The molecule has 0 fully saturated rings. The Morgan fingerprint density at radius 1 is 1.30 bits per heavy atom. The van der Waals surface area contributed by atoms with Gasteiger partial charge in [-0.05, 0) is 37.5 Å². The summed E-state index contributed by atoms with van der Waals surface area (Å²) in [7, 11) is 0. The number of aryl methyl sites for hydroxylation is 1. The quantitative estimate of drug-likeness (QED) is 0.803. The van der Waals surface area contributed by atoms with Crippen LogP contribution in [0.1, 0.15) is 46.1 Å². The average Bonchev–Trinajstić information content (AvgIpc) is 2.72. The highest BCUT2D eigenvalue weighted by Gasteiger charge is 2.16. The zero-order valence-corrected chi connectivity index (χ0v) is 10.4. The van der Waals surface area contributed by atoms with Crippen LogP contribution in [0.3, 0.4) is 0 Å². The lowest BCUT2D eigenvalue weighted by Crippen LogP contribution is -2.20. The van der Waals surface area contributed by atoms with Crippen molar-refractivity contribution in [2.24, 2.45) is 0 Å². The molecule has 2 aromatic carbocycles. The monoisotopic (exact) mass is 286 g/mol. The highest BCUT2D eigenvalue weighted by molar-refractivity contribution is 5.35. The van der Waals surface area contributed by atoms with Gasteiger partial charge >= 0.3 is 0 Å². The van der Waals surface area contributed by atoms with E-state index in [4.69, 9.17) is 28.0 Å². The van der Waals surface area contributed by atoms with Gasteiger partial charge in [0.25, 0.3) is 0 Å². The van der Waals surface area contributed by atoms with Crippen LogP contribution in [0.15, 0.2) is 54.5 Å². The van der Waals surface area contributed by atoms with E-state index >= 15 is 0 Å². The molecule has 0 aliphatic rings. The van der Waals surface area contributed by atoms with Crippen molar-refractivity contribution in [1.29, 1.82) is 0 Å². The maximum absolute atomic E-state index is 9.10. The van der Waals surface area contributed by atoms with Crippen LogP contribution in [0.4, 0.5) is 0 Å². The molecule has 0 aromatic heterocycles. The molecule has 20 heavy (non-hydrogen) atoms. The first-order valence-corrected chi connectivity index (χ1v) is 5.59. The van der Waals surface area contributed by atoms with Crippen molar-refractivity contribution in [1.82, 2.24) is 4.90 Å². The summed E-state index contributed by atoms with van der Waals surface area (Å²) in [6.07, 6.45) is -3.01. The number of hydrogen-bond acceptors (Lipinski definition) is 2. The van der Waals surface area contributed by atoms with Crippen LogP contribution in [0, 0.1) is 6.85 Å². The molecule has 0 amide bonds. The Morgan fingerprint density at radius 3 is 2.85 bits per heavy atom. The van der Waals surface area contributed by atoms with Gasteiger partial charge in [-0.15, -0.1) is 0 Å². The van der Waals surface area contributed by atoms with Crippen LogP contribution < -0.4 is 0 Å². The molecule has 0 N–H and O–H groups in total. The van der Waals surface area contributed by atoms with Gasteiger partial charge in [-0.25, -0.2) is 0 Å². The summed E-state index contributed by atoms with van der Waals surface area (Å²) in [4.78, 5) is -0.439. The second-order valence-corrected chi connectivity index (χ2v) is 3.66. The molecule has 2 nitrogen and oxygen atoms in total. The predicted octanol–water partition coefficient (Wildman–Crippen LogP) is 3.66. The van der Waals surface area contributed by atoms with Crippen molar-refractivity contribution in [3.63, 3.8) is 0 Å². The molecule has 2 rings (SSSR count). The third-order valence-corrected chi connectivity index (χ3v) is 2.34. The lowest BCUT2D eigenvalue weighted by atomic mass is 9.97. The predicted molar refractivity (Wildman–Crippen MR) is 84.0 cm³/mol. The highest BCUT2D eigenvalue weighted by Crippen LogP contribution is 2.28. The van der Waals surface area contributed by atoms with Crippen molar-refractivity contribution in [3.05, 3.63) is 71.2 Å². The van der Waals surface area contributed by atoms with Gasteiger partial charge in [0, 0.05) is 21.6 Å². The van der Waals surface area contributed by atoms with Gasteiger partial charge in [0.1, 0.15) is 6.08 Å². The second-order valence-electron chi connectivity index (χ2n) is 3.66. The number of hydrogen-bond donors (Lipinski definition) is 0. The molecule has 0 radical (unpaired) electrons. The van der Waals surface area contributed by atoms with Crippen molar-refractivity contribution in [2.45, 2.75) is 12.9 Å². The third-order valence-electron chi connectivity index (χ3n) is 2.34. The van der Waals surface area contributed by atoms with Crippen LogP contribution in [-0.2, 0) is 4.74 Å². The number of benzene rings is 2. The van der Waals surface area contributed by atoms with Crippen LogP contribution in [0.25, 0.3) is 0 Å². The smallest absolute Gasteiger partial charge is 0.108 e. The Labute approximate surface area is 145 Å². The van der Waals surface area contributed by atoms with Crippen LogP contribution in [0.2, 0.25) is 0 Å². The van der Waals surface area contributed by atoms with Gasteiger partial charge in [-0.2, -0.15) is 0 Å². The fourth-order valence-electron chi connectivity index (χ4n) is 1.50. The molecule has 0 saturated carbocycles. The van der Waals surface area contributed by atoms with Gasteiger partial charge in [0.2, 0.25) is 0 Å².